The number of ether oxygens (including phenoxy) is 1. The van der Waals surface area contributed by atoms with Gasteiger partial charge in [-0.3, -0.25) is 0 Å². The molecule has 0 aliphatic rings. The molecule has 1 rings (SSSR count). The molecule has 0 aliphatic heterocycles. The van der Waals surface area contributed by atoms with Crippen molar-refractivity contribution in [3.63, 3.8) is 0 Å². The number of nitrogens with one attached hydrogen (secondary N) is 1. The van der Waals surface area contributed by atoms with Crippen molar-refractivity contribution >= 4 is 0 Å². The van der Waals surface area contributed by atoms with E-state index in [9.17, 15) is 0 Å². The third-order valence-corrected chi connectivity index (χ3v) is 2.67. The third-order valence-electron chi connectivity index (χ3n) is 2.67. The van der Waals surface area contributed by atoms with Crippen molar-refractivity contribution in [2.24, 2.45) is 0 Å². The van der Waals surface area contributed by atoms with Gasteiger partial charge in [0.05, 0.1) is 7.11 Å². The molecule has 16 heavy (non-hydrogen) atoms. The van der Waals surface area contributed by atoms with Crippen LogP contribution in [0, 0.1) is 0 Å². The second kappa shape index (κ2) is 7.07. The lowest BCUT2D eigenvalue weighted by Gasteiger charge is -2.17. The molecule has 0 fully saturated rings. The molecule has 1 aromatic rings. The summed E-state index contributed by atoms with van der Waals surface area (Å²) < 4.78 is 5.15. The molecule has 0 spiro atoms. The maximum absolute atomic E-state index is 5.15. The third kappa shape index (κ3) is 3.70. The van der Waals surface area contributed by atoms with E-state index in [1.165, 1.54) is 5.56 Å². The van der Waals surface area contributed by atoms with Gasteiger partial charge in [-0.15, -0.1) is 6.58 Å². The minimum absolute atomic E-state index is 0.422. The van der Waals surface area contributed by atoms with E-state index >= 15 is 0 Å². The van der Waals surface area contributed by atoms with Gasteiger partial charge in [-0.05, 0) is 37.1 Å². The Balaban J connectivity index is 2.59. The molecule has 2 heteroatoms. The predicted molar refractivity (Wildman–Crippen MR) is 68.8 cm³/mol. The van der Waals surface area contributed by atoms with E-state index in [1.807, 2.05) is 18.2 Å². The fourth-order valence-corrected chi connectivity index (χ4v) is 1.69. The summed E-state index contributed by atoms with van der Waals surface area (Å²) in [5.74, 6) is 0.907. The Hall–Kier alpha value is -1.28. The Kier molecular flexibility index (Phi) is 5.65. The van der Waals surface area contributed by atoms with Crippen LogP contribution in [-0.4, -0.2) is 13.7 Å². The molecule has 0 heterocycles. The molecule has 1 aromatic carbocycles. The number of rotatable bonds is 7. The van der Waals surface area contributed by atoms with E-state index in [2.05, 4.69) is 31.0 Å². The molecule has 0 bridgehead atoms. The van der Waals surface area contributed by atoms with E-state index in [1.54, 1.807) is 7.11 Å². The molecule has 1 N–H and O–H groups in total. The number of hydrogen-bond donors (Lipinski definition) is 1. The van der Waals surface area contributed by atoms with Crippen LogP contribution >= 0.6 is 0 Å². The van der Waals surface area contributed by atoms with Crippen LogP contribution in [0.4, 0.5) is 0 Å². The zero-order valence-electron chi connectivity index (χ0n) is 10.2. The lowest BCUT2D eigenvalue weighted by atomic mass is 10.0. The van der Waals surface area contributed by atoms with E-state index in [0.717, 1.165) is 25.1 Å². The van der Waals surface area contributed by atoms with E-state index in [4.69, 9.17) is 4.74 Å². The van der Waals surface area contributed by atoms with Crippen LogP contribution in [0.5, 0.6) is 5.75 Å². The molecule has 0 radical (unpaired) electrons. The minimum Gasteiger partial charge on any atom is -0.497 e. The van der Waals surface area contributed by atoms with E-state index in [-0.39, 0.29) is 0 Å². The first-order chi connectivity index (χ1) is 7.81. The summed E-state index contributed by atoms with van der Waals surface area (Å²) in [6.45, 7) is 6.89. The second-order valence-corrected chi connectivity index (χ2v) is 3.77. The summed E-state index contributed by atoms with van der Waals surface area (Å²) in [6, 6.07) is 8.67. The van der Waals surface area contributed by atoms with Crippen LogP contribution in [-0.2, 0) is 0 Å². The molecule has 0 amide bonds. The molecule has 0 aromatic heterocycles. The molecule has 0 saturated carbocycles. The second-order valence-electron chi connectivity index (χ2n) is 3.77. The fraction of sp³-hybridized carbons (Fsp3) is 0.429. The highest BCUT2D eigenvalue weighted by atomic mass is 16.5. The quantitative estimate of drug-likeness (QED) is 0.561. The molecule has 1 atom stereocenters. The Morgan fingerprint density at radius 3 is 2.56 bits per heavy atom. The highest BCUT2D eigenvalue weighted by Gasteiger charge is 2.07. The summed E-state index contributed by atoms with van der Waals surface area (Å²) in [7, 11) is 1.69. The maximum atomic E-state index is 5.15. The fourth-order valence-electron chi connectivity index (χ4n) is 1.69. The molecule has 2 nitrogen and oxygen atoms in total. The molecule has 0 aliphatic carbocycles. The van der Waals surface area contributed by atoms with Crippen molar-refractivity contribution in [2.45, 2.75) is 25.8 Å². The van der Waals surface area contributed by atoms with Crippen LogP contribution in [0.1, 0.15) is 31.4 Å². The van der Waals surface area contributed by atoms with Crippen LogP contribution in [0.2, 0.25) is 0 Å². The van der Waals surface area contributed by atoms with E-state index in [0.29, 0.717) is 6.04 Å². The molecular weight excluding hydrogens is 198 g/mol. The lowest BCUT2D eigenvalue weighted by Crippen LogP contribution is -2.21. The van der Waals surface area contributed by atoms with Crippen LogP contribution in [0.15, 0.2) is 36.9 Å². The van der Waals surface area contributed by atoms with Gasteiger partial charge in [-0.25, -0.2) is 0 Å². The van der Waals surface area contributed by atoms with Crippen LogP contribution < -0.4 is 10.1 Å². The summed E-state index contributed by atoms with van der Waals surface area (Å²) in [5.41, 5.74) is 1.31. The number of methoxy groups -OCH3 is 1. The smallest absolute Gasteiger partial charge is 0.118 e. The monoisotopic (exact) mass is 219 g/mol. The Labute approximate surface area is 98.3 Å². The van der Waals surface area contributed by atoms with Crippen molar-refractivity contribution in [2.75, 3.05) is 13.7 Å². The number of benzene rings is 1. The first-order valence-corrected chi connectivity index (χ1v) is 5.80. The molecule has 0 saturated heterocycles. The molecule has 88 valence electrons. The van der Waals surface area contributed by atoms with Gasteiger partial charge in [0.15, 0.2) is 0 Å². The topological polar surface area (TPSA) is 21.3 Å². The van der Waals surface area contributed by atoms with Gasteiger partial charge in [-0.1, -0.05) is 25.1 Å². The standard InChI is InChI=1S/C14H21NO/c1-4-6-11-15-14(5-2)12-7-9-13(16-3)10-8-12/h4,7-10,14-15H,1,5-6,11H2,2-3H3. The minimum atomic E-state index is 0.422. The van der Waals surface area contributed by atoms with Crippen LogP contribution in [0.25, 0.3) is 0 Å². The first kappa shape index (κ1) is 12.8. The highest BCUT2D eigenvalue weighted by molar-refractivity contribution is 5.29. The zero-order chi connectivity index (χ0) is 11.8. The molecule has 1 unspecified atom stereocenters. The largest absolute Gasteiger partial charge is 0.497 e. The van der Waals surface area contributed by atoms with Crippen molar-refractivity contribution in [1.82, 2.24) is 5.32 Å². The van der Waals surface area contributed by atoms with Crippen molar-refractivity contribution in [1.29, 1.82) is 0 Å². The summed E-state index contributed by atoms with van der Waals surface area (Å²) in [5, 5.41) is 3.51. The Morgan fingerprint density at radius 1 is 1.38 bits per heavy atom. The number of hydrogen-bond acceptors (Lipinski definition) is 2. The Bertz CT molecular complexity index is 305. The SMILES string of the molecule is C=CCCNC(CC)c1ccc(OC)cc1. The highest BCUT2D eigenvalue weighted by Crippen LogP contribution is 2.19. The van der Waals surface area contributed by atoms with Gasteiger partial charge in [0.2, 0.25) is 0 Å². The van der Waals surface area contributed by atoms with Crippen molar-refractivity contribution < 1.29 is 4.74 Å². The summed E-state index contributed by atoms with van der Waals surface area (Å²) in [6.07, 6.45) is 4.03. The summed E-state index contributed by atoms with van der Waals surface area (Å²) >= 11 is 0. The molecular formula is C14H21NO. The summed E-state index contributed by atoms with van der Waals surface area (Å²) in [4.78, 5) is 0. The van der Waals surface area contributed by atoms with Gasteiger partial charge < -0.3 is 10.1 Å². The van der Waals surface area contributed by atoms with Gasteiger partial charge in [-0.2, -0.15) is 0 Å². The first-order valence-electron chi connectivity index (χ1n) is 5.80. The van der Waals surface area contributed by atoms with Gasteiger partial charge in [0.25, 0.3) is 0 Å². The van der Waals surface area contributed by atoms with Gasteiger partial charge >= 0.3 is 0 Å². The maximum Gasteiger partial charge on any atom is 0.118 e. The van der Waals surface area contributed by atoms with Crippen LogP contribution in [0.3, 0.4) is 0 Å². The zero-order valence-corrected chi connectivity index (χ0v) is 10.2. The van der Waals surface area contributed by atoms with Gasteiger partial charge in [0, 0.05) is 6.04 Å². The van der Waals surface area contributed by atoms with Crippen molar-refractivity contribution in [3.05, 3.63) is 42.5 Å². The lowest BCUT2D eigenvalue weighted by molar-refractivity contribution is 0.414. The predicted octanol–water partition coefficient (Wildman–Crippen LogP) is 3.31. The van der Waals surface area contributed by atoms with Gasteiger partial charge in [0.1, 0.15) is 5.75 Å². The van der Waals surface area contributed by atoms with E-state index < -0.39 is 0 Å². The Morgan fingerprint density at radius 2 is 2.06 bits per heavy atom. The average molecular weight is 219 g/mol. The normalized spacial score (nSPS) is 12.1. The average Bonchev–Trinajstić information content (AvgIpc) is 2.35. The van der Waals surface area contributed by atoms with Crippen molar-refractivity contribution in [3.8, 4) is 5.75 Å².